The van der Waals surface area contributed by atoms with E-state index in [2.05, 4.69) is 20.7 Å². The van der Waals surface area contributed by atoms with Crippen molar-refractivity contribution < 1.29 is 0 Å². The van der Waals surface area contributed by atoms with Gasteiger partial charge in [-0.3, -0.25) is 15.7 Å². The number of hydrogen-bond donors (Lipinski definition) is 1. The number of aromatic nitrogens is 2. The number of fused-ring (bicyclic) bond motifs is 1. The van der Waals surface area contributed by atoms with Crippen molar-refractivity contribution in [3.63, 3.8) is 0 Å². The number of amidine groups is 1. The van der Waals surface area contributed by atoms with Crippen LogP contribution < -0.4 is 10.4 Å². The number of nitrogens with two attached hydrogens (primary N) is 1. The lowest BCUT2D eigenvalue weighted by Crippen LogP contribution is -2.11. The molecule has 2 aromatic heterocycles. The van der Waals surface area contributed by atoms with Crippen molar-refractivity contribution in [2.75, 3.05) is 0 Å². The lowest BCUT2D eigenvalue weighted by molar-refractivity contribution is 1.10. The van der Waals surface area contributed by atoms with Crippen LogP contribution in [-0.2, 0) is 12.2 Å². The summed E-state index contributed by atoms with van der Waals surface area (Å²) in [6.45, 7) is 0. The Hall–Kier alpha value is -2.06. The van der Waals surface area contributed by atoms with Crippen LogP contribution in [0.25, 0.3) is 10.9 Å². The highest BCUT2D eigenvalue weighted by molar-refractivity contribution is 8.13. The van der Waals surface area contributed by atoms with Crippen LogP contribution in [0.2, 0.25) is 0 Å². The third kappa shape index (κ3) is 3.28. The van der Waals surface area contributed by atoms with Gasteiger partial charge < -0.3 is 0 Å². The van der Waals surface area contributed by atoms with Crippen LogP contribution in [0.1, 0.15) is 11.3 Å². The second-order valence-corrected chi connectivity index (χ2v) is 5.00. The van der Waals surface area contributed by atoms with Crippen molar-refractivity contribution in [2.24, 2.45) is 5.73 Å². The predicted octanol–water partition coefficient (Wildman–Crippen LogP) is 1.58. The van der Waals surface area contributed by atoms with Gasteiger partial charge in [-0.15, -0.1) is 0 Å². The maximum Gasteiger partial charge on any atom is 0.403 e. The zero-order chi connectivity index (χ0) is 14.4. The topological polar surface area (TPSA) is 89.7 Å². The Labute approximate surface area is 125 Å². The van der Waals surface area contributed by atoms with Crippen molar-refractivity contribution in [2.45, 2.75) is 12.2 Å². The fourth-order valence-electron chi connectivity index (χ4n) is 1.75. The Morgan fingerprint density at radius 3 is 3.15 bits per heavy atom. The molecule has 5 nitrogen and oxygen atoms in total. The van der Waals surface area contributed by atoms with Gasteiger partial charge in [0.15, 0.2) is 0 Å². The summed E-state index contributed by atoms with van der Waals surface area (Å²) >= 11 is 6.68. The van der Waals surface area contributed by atoms with E-state index in [1.165, 1.54) is 11.8 Å². The smallest absolute Gasteiger partial charge is 0.267 e. The number of thioether (sulfide) groups is 1. The second kappa shape index (κ2) is 6.92. The first-order chi connectivity index (χ1) is 9.76. The average Bonchev–Trinajstić information content (AvgIpc) is 2.47. The van der Waals surface area contributed by atoms with Gasteiger partial charge in [0.2, 0.25) is 0 Å². The SMILES string of the molecule is N#CCc1c(CSC(N)=[N+]=CCl)ncc2cccnc12. The molecule has 100 valence electrons. The molecule has 0 aromatic carbocycles. The zero-order valence-corrected chi connectivity index (χ0v) is 12.0. The Kier molecular flexibility index (Phi) is 4.97. The largest absolute Gasteiger partial charge is 0.403 e. The first-order valence-electron chi connectivity index (χ1n) is 5.72. The van der Waals surface area contributed by atoms with Gasteiger partial charge in [0.05, 0.1) is 23.7 Å². The van der Waals surface area contributed by atoms with E-state index < -0.39 is 0 Å². The van der Waals surface area contributed by atoms with E-state index in [0.717, 1.165) is 27.8 Å². The molecule has 0 saturated heterocycles. The third-order valence-corrected chi connectivity index (χ3v) is 3.54. The fraction of sp³-hybridized carbons (Fsp3) is 0.154. The third-order valence-electron chi connectivity index (χ3n) is 2.62. The molecule has 0 atom stereocenters. The Balaban J connectivity index is 2.40. The normalized spacial score (nSPS) is 9.80. The first kappa shape index (κ1) is 14.4. The van der Waals surface area contributed by atoms with Crippen LogP contribution in [0.15, 0.2) is 24.5 Å². The highest BCUT2D eigenvalue weighted by atomic mass is 35.5. The summed E-state index contributed by atoms with van der Waals surface area (Å²) in [5.41, 5.74) is 9.20. The van der Waals surface area contributed by atoms with Crippen molar-refractivity contribution >= 4 is 45.1 Å². The monoisotopic (exact) mass is 304 g/mol. The highest BCUT2D eigenvalue weighted by Crippen LogP contribution is 2.22. The van der Waals surface area contributed by atoms with E-state index in [4.69, 9.17) is 22.6 Å². The van der Waals surface area contributed by atoms with E-state index in [1.807, 2.05) is 12.1 Å². The summed E-state index contributed by atoms with van der Waals surface area (Å²) in [7, 11) is 0. The molecule has 0 aliphatic rings. The van der Waals surface area contributed by atoms with E-state index in [9.17, 15) is 0 Å². The number of rotatable bonds is 3. The number of hydrogen-bond acceptors (Lipinski definition) is 4. The number of nitrogens with zero attached hydrogens (tertiary/aromatic N) is 4. The molecule has 7 heteroatoms. The molecule has 0 radical (unpaired) electrons. The number of halogens is 1. The Morgan fingerprint density at radius 2 is 2.40 bits per heavy atom. The van der Waals surface area contributed by atoms with E-state index >= 15 is 0 Å². The highest BCUT2D eigenvalue weighted by Gasteiger charge is 2.12. The van der Waals surface area contributed by atoms with Gasteiger partial charge in [0.25, 0.3) is 5.67 Å². The Bertz CT molecular complexity index is 731. The summed E-state index contributed by atoms with van der Waals surface area (Å²) in [5.74, 6) is 0.517. The molecule has 2 aromatic rings. The molecule has 0 saturated carbocycles. The van der Waals surface area contributed by atoms with E-state index in [1.54, 1.807) is 12.4 Å². The summed E-state index contributed by atoms with van der Waals surface area (Å²) < 4.78 is 3.77. The minimum Gasteiger partial charge on any atom is -0.267 e. The fourth-order valence-corrected chi connectivity index (χ4v) is 2.58. The minimum atomic E-state index is 0.260. The molecule has 2 rings (SSSR count). The zero-order valence-electron chi connectivity index (χ0n) is 10.5. The number of pyridine rings is 2. The van der Waals surface area contributed by atoms with E-state index in [-0.39, 0.29) is 6.42 Å². The maximum absolute atomic E-state index is 8.98. The molecule has 0 aliphatic carbocycles. The van der Waals surface area contributed by atoms with Crippen LogP contribution in [0.5, 0.6) is 0 Å². The minimum absolute atomic E-state index is 0.260. The summed E-state index contributed by atoms with van der Waals surface area (Å²) in [5, 5.41) is 10.3. The van der Waals surface area contributed by atoms with Crippen LogP contribution in [0.4, 0.5) is 0 Å². The van der Waals surface area contributed by atoms with Crippen LogP contribution in [0.3, 0.4) is 0 Å². The maximum atomic E-state index is 8.98. The lowest BCUT2D eigenvalue weighted by Gasteiger charge is -2.07. The molecular formula is C13H11ClN5S+. The molecule has 0 spiro atoms. The van der Waals surface area contributed by atoms with Gasteiger partial charge in [-0.05, 0) is 35.5 Å². The summed E-state index contributed by atoms with van der Waals surface area (Å²) in [6.07, 6.45) is 3.72. The van der Waals surface area contributed by atoms with Gasteiger partial charge >= 0.3 is 5.17 Å². The van der Waals surface area contributed by atoms with Crippen LogP contribution in [0, 0.1) is 11.3 Å². The van der Waals surface area contributed by atoms with Crippen molar-refractivity contribution in [1.82, 2.24) is 14.6 Å². The molecule has 0 aliphatic heterocycles. The van der Waals surface area contributed by atoms with Gasteiger partial charge in [-0.25, -0.2) is 0 Å². The predicted molar refractivity (Wildman–Crippen MR) is 83.4 cm³/mol. The van der Waals surface area contributed by atoms with Crippen molar-refractivity contribution in [3.8, 4) is 6.07 Å². The van der Waals surface area contributed by atoms with Crippen molar-refractivity contribution in [1.29, 1.82) is 5.26 Å². The molecule has 0 unspecified atom stereocenters. The lowest BCUT2D eigenvalue weighted by atomic mass is 10.1. The summed E-state index contributed by atoms with van der Waals surface area (Å²) in [4.78, 5) is 8.73. The molecule has 2 N–H and O–H groups in total. The number of nitriles is 1. The molecule has 20 heavy (non-hydrogen) atoms. The molecule has 0 fully saturated rings. The average molecular weight is 305 g/mol. The Morgan fingerprint density at radius 1 is 1.55 bits per heavy atom. The quantitative estimate of drug-likeness (QED) is 0.528. The second-order valence-electron chi connectivity index (χ2n) is 3.81. The molecule has 0 bridgehead atoms. The van der Waals surface area contributed by atoms with Gasteiger partial charge in [-0.2, -0.15) is 9.93 Å². The van der Waals surface area contributed by atoms with Crippen LogP contribution >= 0.6 is 23.4 Å². The van der Waals surface area contributed by atoms with Gasteiger partial charge in [0.1, 0.15) is 0 Å². The summed E-state index contributed by atoms with van der Waals surface area (Å²) in [6, 6.07) is 5.92. The van der Waals surface area contributed by atoms with Gasteiger partial charge in [0, 0.05) is 29.1 Å². The molecule has 0 amide bonds. The van der Waals surface area contributed by atoms with Crippen LogP contribution in [-0.4, -0.2) is 20.8 Å². The molecular weight excluding hydrogens is 294 g/mol. The first-order valence-corrected chi connectivity index (χ1v) is 7.15. The molecule has 2 heterocycles. The van der Waals surface area contributed by atoms with Gasteiger partial charge in [-0.1, -0.05) is 0 Å². The van der Waals surface area contributed by atoms with Crippen molar-refractivity contribution in [3.05, 3.63) is 35.8 Å². The van der Waals surface area contributed by atoms with E-state index in [0.29, 0.717) is 10.9 Å². The standard InChI is InChI=1S/C13H10ClN5S/c14-8-19-13(16)20-7-11-10(3-4-15)12-9(6-18-11)2-1-5-17-12/h1-2,5-6,8,16H,3,7H2/p+1.